The summed E-state index contributed by atoms with van der Waals surface area (Å²) in [5.41, 5.74) is 2.50. The molecule has 1 aliphatic heterocycles. The maximum atomic E-state index is 13.9. The van der Waals surface area contributed by atoms with Crippen molar-refractivity contribution in [2.24, 2.45) is 0 Å². The fraction of sp³-hybridized carbons (Fsp3) is 0.391. The summed E-state index contributed by atoms with van der Waals surface area (Å²) in [6, 6.07) is 17.0. The van der Waals surface area contributed by atoms with E-state index in [9.17, 15) is 4.39 Å². The molecule has 1 aliphatic rings. The van der Waals surface area contributed by atoms with Gasteiger partial charge in [-0.15, -0.1) is 0 Å². The summed E-state index contributed by atoms with van der Waals surface area (Å²) in [4.78, 5) is 0. The quantitative estimate of drug-likeness (QED) is 0.595. The lowest BCUT2D eigenvalue weighted by molar-refractivity contribution is 0.00578. The van der Waals surface area contributed by atoms with E-state index in [1.54, 1.807) is 12.1 Å². The van der Waals surface area contributed by atoms with Crippen LogP contribution in [0.5, 0.6) is 0 Å². The summed E-state index contributed by atoms with van der Waals surface area (Å²) in [5, 5.41) is 0. The Bertz CT molecular complexity index is 798. The van der Waals surface area contributed by atoms with Gasteiger partial charge in [0.2, 0.25) is 0 Å². The molecule has 1 fully saturated rings. The van der Waals surface area contributed by atoms with Gasteiger partial charge in [-0.25, -0.2) is 4.39 Å². The minimum Gasteiger partial charge on any atom is -0.403 e. The fourth-order valence-electron chi connectivity index (χ4n) is 3.41. The molecule has 1 heterocycles. The lowest BCUT2D eigenvalue weighted by Gasteiger charge is -2.32. The van der Waals surface area contributed by atoms with Gasteiger partial charge in [0.05, 0.1) is 11.2 Å². The molecule has 2 aromatic rings. The molecule has 1 unspecified atom stereocenters. The Morgan fingerprint density at radius 2 is 1.63 bits per heavy atom. The Morgan fingerprint density at radius 3 is 2.22 bits per heavy atom. The normalized spacial score (nSPS) is 19.9. The van der Waals surface area contributed by atoms with Crippen LogP contribution < -0.4 is 0 Å². The second kappa shape index (κ2) is 7.61. The Labute approximate surface area is 162 Å². The van der Waals surface area contributed by atoms with E-state index >= 15 is 0 Å². The maximum Gasteiger partial charge on any atom is 0.458 e. The van der Waals surface area contributed by atoms with Gasteiger partial charge in [0.1, 0.15) is 5.82 Å². The van der Waals surface area contributed by atoms with Crippen molar-refractivity contribution in [1.82, 2.24) is 0 Å². The Balaban J connectivity index is 1.90. The van der Waals surface area contributed by atoms with Crippen LogP contribution >= 0.6 is 0 Å². The first-order valence-corrected chi connectivity index (χ1v) is 9.53. The van der Waals surface area contributed by atoms with Crippen LogP contribution in [0.1, 0.15) is 51.7 Å². The minimum absolute atomic E-state index is 0.00407. The van der Waals surface area contributed by atoms with E-state index in [1.165, 1.54) is 6.07 Å². The maximum absolute atomic E-state index is 13.9. The van der Waals surface area contributed by atoms with Crippen molar-refractivity contribution in [3.05, 3.63) is 77.6 Å². The summed E-state index contributed by atoms with van der Waals surface area (Å²) >= 11 is 0. The molecule has 2 nitrogen and oxygen atoms in total. The number of halogens is 1. The van der Waals surface area contributed by atoms with Crippen LogP contribution in [0.2, 0.25) is 6.32 Å². The molecule has 0 aliphatic carbocycles. The molecule has 1 saturated heterocycles. The van der Waals surface area contributed by atoms with Crippen molar-refractivity contribution in [3.63, 3.8) is 0 Å². The highest BCUT2D eigenvalue weighted by Gasteiger charge is 2.51. The molecule has 0 bridgehead atoms. The average molecular weight is 366 g/mol. The smallest absolute Gasteiger partial charge is 0.403 e. The highest BCUT2D eigenvalue weighted by atomic mass is 19.1. The molecule has 4 heteroatoms. The third-order valence-electron chi connectivity index (χ3n) is 5.71. The number of rotatable bonds is 5. The summed E-state index contributed by atoms with van der Waals surface area (Å²) in [6.45, 7) is 10.3. The van der Waals surface area contributed by atoms with E-state index in [4.69, 9.17) is 9.31 Å². The molecule has 142 valence electrons. The number of benzene rings is 2. The van der Waals surface area contributed by atoms with E-state index < -0.39 is 0 Å². The molecule has 2 aromatic carbocycles. The minimum atomic E-state index is -0.373. The molecule has 0 amide bonds. The molecular formula is C23H28BFO2. The lowest BCUT2D eigenvalue weighted by atomic mass is 9.74. The van der Waals surface area contributed by atoms with Crippen LogP contribution in [-0.4, -0.2) is 18.3 Å². The van der Waals surface area contributed by atoms with E-state index in [1.807, 2.05) is 24.3 Å². The van der Waals surface area contributed by atoms with Crippen molar-refractivity contribution in [2.45, 2.75) is 58.1 Å². The van der Waals surface area contributed by atoms with Crippen LogP contribution in [0.25, 0.3) is 5.57 Å². The zero-order valence-electron chi connectivity index (χ0n) is 16.8. The summed E-state index contributed by atoms with van der Waals surface area (Å²) in [7, 11) is -0.330. The van der Waals surface area contributed by atoms with Gasteiger partial charge in [-0.3, -0.25) is 0 Å². The molecule has 0 aromatic heterocycles. The predicted octanol–water partition coefficient (Wildman–Crippen LogP) is 6.11. The van der Waals surface area contributed by atoms with Gasteiger partial charge in [0, 0.05) is 5.92 Å². The fourth-order valence-corrected chi connectivity index (χ4v) is 3.41. The standard InChI is InChI=1S/C23H28BFO2/c1-17(18-10-7-6-8-11-18)14-20(19-12-9-13-21(25)15-19)16-24-26-22(2,3)23(4,5)27-24/h6-15,20H,16H2,1-5H3/b17-14+. The SMILES string of the molecule is C/C(=C\C(CB1OC(C)(C)C(C)(C)O1)c1cccc(F)c1)c1ccccc1. The van der Waals surface area contributed by atoms with Crippen LogP contribution in [0.4, 0.5) is 4.39 Å². The summed E-state index contributed by atoms with van der Waals surface area (Å²) < 4.78 is 26.2. The Hall–Kier alpha value is -1.91. The largest absolute Gasteiger partial charge is 0.458 e. The molecule has 0 radical (unpaired) electrons. The topological polar surface area (TPSA) is 18.5 Å². The van der Waals surface area contributed by atoms with Gasteiger partial charge in [0.25, 0.3) is 0 Å². The van der Waals surface area contributed by atoms with E-state index in [-0.39, 0.29) is 30.1 Å². The highest BCUT2D eigenvalue weighted by molar-refractivity contribution is 6.45. The zero-order valence-corrected chi connectivity index (χ0v) is 16.8. The van der Waals surface area contributed by atoms with Crippen LogP contribution in [0.15, 0.2) is 60.7 Å². The van der Waals surface area contributed by atoms with Crippen LogP contribution in [0, 0.1) is 5.82 Å². The van der Waals surface area contributed by atoms with Gasteiger partial charge in [0.15, 0.2) is 0 Å². The molecule has 1 atom stereocenters. The zero-order chi connectivity index (χ0) is 19.7. The first kappa shape index (κ1) is 19.8. The number of hydrogen-bond acceptors (Lipinski definition) is 2. The molecule has 0 spiro atoms. The highest BCUT2D eigenvalue weighted by Crippen LogP contribution is 2.40. The van der Waals surface area contributed by atoms with Gasteiger partial charge in [-0.2, -0.15) is 0 Å². The van der Waals surface area contributed by atoms with E-state index in [2.05, 4.69) is 52.8 Å². The molecule has 3 rings (SSSR count). The third kappa shape index (κ3) is 4.51. The first-order chi connectivity index (χ1) is 12.7. The van der Waals surface area contributed by atoms with E-state index in [0.29, 0.717) is 6.32 Å². The second-order valence-corrected chi connectivity index (χ2v) is 8.30. The van der Waals surface area contributed by atoms with Gasteiger partial charge >= 0.3 is 7.12 Å². The third-order valence-corrected chi connectivity index (χ3v) is 5.71. The first-order valence-electron chi connectivity index (χ1n) is 9.53. The lowest BCUT2D eigenvalue weighted by Crippen LogP contribution is -2.41. The Morgan fingerprint density at radius 1 is 1.00 bits per heavy atom. The van der Waals surface area contributed by atoms with Crippen LogP contribution in [-0.2, 0) is 9.31 Å². The van der Waals surface area contributed by atoms with Gasteiger partial charge in [-0.05, 0) is 69.8 Å². The predicted molar refractivity (Wildman–Crippen MR) is 110 cm³/mol. The summed E-state index contributed by atoms with van der Waals surface area (Å²) in [6.07, 6.45) is 2.83. The number of hydrogen-bond donors (Lipinski definition) is 0. The van der Waals surface area contributed by atoms with Crippen LogP contribution in [0.3, 0.4) is 0 Å². The molecule has 27 heavy (non-hydrogen) atoms. The average Bonchev–Trinajstić information content (AvgIpc) is 2.81. The molecule has 0 N–H and O–H groups in total. The van der Waals surface area contributed by atoms with Crippen molar-refractivity contribution in [3.8, 4) is 0 Å². The van der Waals surface area contributed by atoms with Crippen molar-refractivity contribution in [1.29, 1.82) is 0 Å². The summed E-state index contributed by atoms with van der Waals surface area (Å²) in [5.74, 6) is -0.229. The number of allylic oxidation sites excluding steroid dienone is 2. The van der Waals surface area contributed by atoms with Crippen molar-refractivity contribution in [2.75, 3.05) is 0 Å². The monoisotopic (exact) mass is 366 g/mol. The molecule has 0 saturated carbocycles. The van der Waals surface area contributed by atoms with Crippen molar-refractivity contribution >= 4 is 12.7 Å². The van der Waals surface area contributed by atoms with Gasteiger partial charge < -0.3 is 9.31 Å². The molecular weight excluding hydrogens is 338 g/mol. The van der Waals surface area contributed by atoms with Crippen molar-refractivity contribution < 1.29 is 13.7 Å². The van der Waals surface area contributed by atoms with E-state index in [0.717, 1.165) is 16.7 Å². The Kier molecular flexibility index (Phi) is 5.59. The second-order valence-electron chi connectivity index (χ2n) is 8.30. The van der Waals surface area contributed by atoms with Gasteiger partial charge in [-0.1, -0.05) is 48.5 Å².